The van der Waals surface area contributed by atoms with E-state index < -0.39 is 5.82 Å². The van der Waals surface area contributed by atoms with Crippen LogP contribution in [0.25, 0.3) is 0 Å². The zero-order chi connectivity index (χ0) is 11.5. The average molecular weight is 262 g/mol. The fourth-order valence-corrected chi connectivity index (χ4v) is 2.52. The normalized spacial score (nSPS) is 18.9. The van der Waals surface area contributed by atoms with Gasteiger partial charge in [0.1, 0.15) is 5.82 Å². The molecule has 0 spiro atoms. The molecule has 1 nitrogen and oxygen atoms in total. The molecule has 0 N–H and O–H groups in total. The van der Waals surface area contributed by atoms with Crippen LogP contribution in [0.2, 0.25) is 5.02 Å². The van der Waals surface area contributed by atoms with Crippen LogP contribution in [0.4, 0.5) is 4.39 Å². The van der Waals surface area contributed by atoms with Crippen molar-refractivity contribution in [3.8, 4) is 0 Å². The lowest BCUT2D eigenvalue weighted by atomic mass is 10.1. The van der Waals surface area contributed by atoms with Gasteiger partial charge in [0.2, 0.25) is 0 Å². The topological polar surface area (TPSA) is 3.24 Å². The number of likely N-dealkylation sites (tertiary alicyclic amines) is 1. The summed E-state index contributed by atoms with van der Waals surface area (Å²) >= 11 is 12.0. The average Bonchev–Trinajstić information content (AvgIpc) is 2.74. The van der Waals surface area contributed by atoms with Crippen molar-refractivity contribution in [2.75, 3.05) is 19.6 Å². The summed E-state index contributed by atoms with van der Waals surface area (Å²) < 4.78 is 13.0. The quantitative estimate of drug-likeness (QED) is 0.748. The van der Waals surface area contributed by atoms with Gasteiger partial charge in [-0.2, -0.15) is 0 Å². The molecule has 0 amide bonds. The van der Waals surface area contributed by atoms with Crippen molar-refractivity contribution in [3.63, 3.8) is 0 Å². The molecule has 0 aliphatic carbocycles. The van der Waals surface area contributed by atoms with Gasteiger partial charge in [0.25, 0.3) is 0 Å². The van der Waals surface area contributed by atoms with E-state index in [1.807, 2.05) is 0 Å². The van der Waals surface area contributed by atoms with Crippen LogP contribution < -0.4 is 0 Å². The molecular weight excluding hydrogens is 248 g/mol. The highest BCUT2D eigenvalue weighted by atomic mass is 35.5. The second kappa shape index (κ2) is 5.35. The summed E-state index contributed by atoms with van der Waals surface area (Å²) in [6, 6.07) is 4.69. The van der Waals surface area contributed by atoms with Crippen LogP contribution in [0.3, 0.4) is 0 Å². The van der Waals surface area contributed by atoms with E-state index in [1.165, 1.54) is 18.9 Å². The standard InChI is InChI=1S/C12H14Cl2FN/c13-10-7-9(3-4-12(10)15)11(14)8-16-5-1-2-6-16/h3-4,7,11H,1-2,5-6,8H2. The summed E-state index contributed by atoms with van der Waals surface area (Å²) in [5, 5.41) is 0.0285. The maximum Gasteiger partial charge on any atom is 0.141 e. The van der Waals surface area contributed by atoms with Crippen LogP contribution in [-0.2, 0) is 0 Å². The van der Waals surface area contributed by atoms with Crippen LogP contribution in [0.1, 0.15) is 23.8 Å². The lowest BCUT2D eigenvalue weighted by molar-refractivity contribution is 0.339. The van der Waals surface area contributed by atoms with Crippen LogP contribution in [-0.4, -0.2) is 24.5 Å². The highest BCUT2D eigenvalue weighted by Crippen LogP contribution is 2.26. The molecule has 1 atom stereocenters. The van der Waals surface area contributed by atoms with Crippen LogP contribution in [0.15, 0.2) is 18.2 Å². The second-order valence-electron chi connectivity index (χ2n) is 4.15. The molecule has 0 saturated carbocycles. The Bertz CT molecular complexity index is 364. The van der Waals surface area contributed by atoms with E-state index >= 15 is 0 Å². The lowest BCUT2D eigenvalue weighted by Gasteiger charge is -2.19. The van der Waals surface area contributed by atoms with E-state index in [0.29, 0.717) is 0 Å². The minimum Gasteiger partial charge on any atom is -0.302 e. The van der Waals surface area contributed by atoms with Crippen molar-refractivity contribution in [2.45, 2.75) is 18.2 Å². The van der Waals surface area contributed by atoms with Crippen molar-refractivity contribution < 1.29 is 4.39 Å². The van der Waals surface area contributed by atoms with Gasteiger partial charge in [0.05, 0.1) is 10.4 Å². The van der Waals surface area contributed by atoms with Gasteiger partial charge in [-0.1, -0.05) is 17.7 Å². The molecule has 0 aromatic heterocycles. The van der Waals surface area contributed by atoms with Gasteiger partial charge in [0.15, 0.2) is 0 Å². The number of hydrogen-bond donors (Lipinski definition) is 0. The van der Waals surface area contributed by atoms with Crippen LogP contribution in [0.5, 0.6) is 0 Å². The van der Waals surface area contributed by atoms with E-state index in [4.69, 9.17) is 23.2 Å². The highest BCUT2D eigenvalue weighted by molar-refractivity contribution is 6.31. The number of hydrogen-bond acceptors (Lipinski definition) is 1. The molecule has 0 bridgehead atoms. The number of alkyl halides is 1. The number of nitrogens with zero attached hydrogens (tertiary/aromatic N) is 1. The zero-order valence-electron chi connectivity index (χ0n) is 8.93. The van der Waals surface area contributed by atoms with Gasteiger partial charge in [0, 0.05) is 6.54 Å². The molecule has 1 heterocycles. The number of halogens is 3. The van der Waals surface area contributed by atoms with Gasteiger partial charge >= 0.3 is 0 Å². The van der Waals surface area contributed by atoms with Crippen molar-refractivity contribution >= 4 is 23.2 Å². The highest BCUT2D eigenvalue weighted by Gasteiger charge is 2.17. The molecule has 4 heteroatoms. The van der Waals surface area contributed by atoms with Crippen LogP contribution in [0, 0.1) is 5.82 Å². The Morgan fingerprint density at radius 1 is 1.31 bits per heavy atom. The number of rotatable bonds is 3. The molecule has 1 aromatic rings. The first-order chi connectivity index (χ1) is 7.66. The predicted molar refractivity (Wildman–Crippen MR) is 65.7 cm³/mol. The van der Waals surface area contributed by atoms with Crippen molar-refractivity contribution in [2.24, 2.45) is 0 Å². The summed E-state index contributed by atoms with van der Waals surface area (Å²) in [6.45, 7) is 3.03. The van der Waals surface area contributed by atoms with Gasteiger partial charge < -0.3 is 4.90 Å². The first-order valence-electron chi connectivity index (χ1n) is 5.48. The zero-order valence-corrected chi connectivity index (χ0v) is 10.4. The fraction of sp³-hybridized carbons (Fsp3) is 0.500. The summed E-state index contributed by atoms with van der Waals surface area (Å²) in [7, 11) is 0. The predicted octanol–water partition coefficient (Wildman–Crippen LogP) is 3.85. The van der Waals surface area contributed by atoms with E-state index in [1.54, 1.807) is 12.1 Å². The molecule has 1 fully saturated rings. The van der Waals surface area contributed by atoms with E-state index in [-0.39, 0.29) is 10.4 Å². The molecule has 16 heavy (non-hydrogen) atoms. The van der Waals surface area contributed by atoms with Gasteiger partial charge in [-0.25, -0.2) is 4.39 Å². The lowest BCUT2D eigenvalue weighted by Crippen LogP contribution is -2.23. The smallest absolute Gasteiger partial charge is 0.141 e. The monoisotopic (exact) mass is 261 g/mol. The van der Waals surface area contributed by atoms with E-state index in [9.17, 15) is 4.39 Å². The molecule has 1 aliphatic heterocycles. The Kier molecular flexibility index (Phi) is 4.06. The van der Waals surface area contributed by atoms with Crippen molar-refractivity contribution in [1.29, 1.82) is 0 Å². The molecule has 1 saturated heterocycles. The first-order valence-corrected chi connectivity index (χ1v) is 6.29. The third-order valence-electron chi connectivity index (χ3n) is 2.92. The molecule has 88 valence electrons. The van der Waals surface area contributed by atoms with Crippen molar-refractivity contribution in [1.82, 2.24) is 4.90 Å². The minimum absolute atomic E-state index is 0.115. The maximum absolute atomic E-state index is 13.0. The third-order valence-corrected chi connectivity index (χ3v) is 3.60. The third kappa shape index (κ3) is 2.88. The van der Waals surface area contributed by atoms with Gasteiger partial charge in [-0.3, -0.25) is 0 Å². The Balaban J connectivity index is 2.02. The number of benzene rings is 1. The molecule has 1 aromatic carbocycles. The Morgan fingerprint density at radius 3 is 2.62 bits per heavy atom. The SMILES string of the molecule is Fc1ccc(C(Cl)CN2CCCC2)cc1Cl. The molecule has 0 radical (unpaired) electrons. The minimum atomic E-state index is -0.393. The van der Waals surface area contributed by atoms with Gasteiger partial charge in [-0.15, -0.1) is 11.6 Å². The summed E-state index contributed by atoms with van der Waals surface area (Å²) in [4.78, 5) is 2.33. The second-order valence-corrected chi connectivity index (χ2v) is 5.08. The van der Waals surface area contributed by atoms with E-state index in [0.717, 1.165) is 25.2 Å². The van der Waals surface area contributed by atoms with Crippen LogP contribution >= 0.6 is 23.2 Å². The summed E-state index contributed by atoms with van der Waals surface area (Å²) in [5.74, 6) is -0.393. The fourth-order valence-electron chi connectivity index (χ4n) is 2.00. The molecule has 1 aliphatic rings. The largest absolute Gasteiger partial charge is 0.302 e. The Labute approximate surface area is 105 Å². The summed E-state index contributed by atoms with van der Waals surface area (Å²) in [5.41, 5.74) is 0.889. The van der Waals surface area contributed by atoms with Crippen molar-refractivity contribution in [3.05, 3.63) is 34.6 Å². The first kappa shape index (κ1) is 12.2. The van der Waals surface area contributed by atoms with Gasteiger partial charge in [-0.05, 0) is 43.6 Å². The Morgan fingerprint density at radius 2 is 2.00 bits per heavy atom. The Hall–Kier alpha value is -0.310. The maximum atomic E-state index is 13.0. The molecular formula is C12H14Cl2FN. The summed E-state index contributed by atoms with van der Waals surface area (Å²) in [6.07, 6.45) is 2.49. The molecule has 1 unspecified atom stereocenters. The molecule has 2 rings (SSSR count). The van der Waals surface area contributed by atoms with E-state index in [2.05, 4.69) is 4.90 Å².